The van der Waals surface area contributed by atoms with Gasteiger partial charge in [0.2, 0.25) is 0 Å². The van der Waals surface area contributed by atoms with Crippen molar-refractivity contribution in [2.24, 2.45) is 5.73 Å². The molecule has 9 heteroatoms. The molecular weight excluding hydrogens is 358 g/mol. The SMILES string of the molecule is CC(N)c1csc(NS(=O)(=O)c2ccc(Br)s2)n1. The van der Waals surface area contributed by atoms with Crippen LogP contribution in [0.1, 0.15) is 18.7 Å². The Bertz CT molecular complexity index is 648. The molecule has 1 atom stereocenters. The predicted octanol–water partition coefficient (Wildman–Crippen LogP) is 2.79. The highest BCUT2D eigenvalue weighted by atomic mass is 79.9. The zero-order valence-electron chi connectivity index (χ0n) is 9.25. The Labute approximate surface area is 121 Å². The average Bonchev–Trinajstić information content (AvgIpc) is 2.86. The molecule has 2 aromatic rings. The second-order valence-electron chi connectivity index (χ2n) is 3.53. The topological polar surface area (TPSA) is 85.1 Å². The van der Waals surface area contributed by atoms with E-state index in [2.05, 4.69) is 25.6 Å². The number of thiophene rings is 1. The average molecular weight is 368 g/mol. The van der Waals surface area contributed by atoms with Gasteiger partial charge in [-0.15, -0.1) is 22.7 Å². The van der Waals surface area contributed by atoms with Crippen LogP contribution >= 0.6 is 38.6 Å². The summed E-state index contributed by atoms with van der Waals surface area (Å²) in [6.45, 7) is 1.80. The molecule has 0 amide bonds. The Kier molecular flexibility index (Phi) is 4.07. The lowest BCUT2D eigenvalue weighted by molar-refractivity contribution is 0.603. The van der Waals surface area contributed by atoms with Crippen molar-refractivity contribution in [3.05, 3.63) is 27.0 Å². The van der Waals surface area contributed by atoms with Crippen molar-refractivity contribution >= 4 is 53.8 Å². The van der Waals surface area contributed by atoms with Gasteiger partial charge in [0.25, 0.3) is 10.0 Å². The predicted molar refractivity (Wildman–Crippen MR) is 77.5 cm³/mol. The van der Waals surface area contributed by atoms with Crippen LogP contribution in [0.15, 0.2) is 25.5 Å². The molecule has 0 saturated carbocycles. The molecule has 3 N–H and O–H groups in total. The first-order valence-corrected chi connectivity index (χ1v) is 8.85. The van der Waals surface area contributed by atoms with Gasteiger partial charge < -0.3 is 5.73 Å². The summed E-state index contributed by atoms with van der Waals surface area (Å²) >= 11 is 5.59. The van der Waals surface area contributed by atoms with E-state index < -0.39 is 10.0 Å². The van der Waals surface area contributed by atoms with E-state index in [0.29, 0.717) is 10.8 Å². The standard InChI is InChI=1S/C9H10BrN3O2S3/c1-5(11)6-4-16-9(12-6)13-18(14,15)8-3-2-7(10)17-8/h2-5H,11H2,1H3,(H,12,13). The van der Waals surface area contributed by atoms with Crippen LogP contribution in [-0.2, 0) is 10.0 Å². The maximum Gasteiger partial charge on any atom is 0.273 e. The summed E-state index contributed by atoms with van der Waals surface area (Å²) < 4.78 is 27.5. The molecule has 5 nitrogen and oxygen atoms in total. The molecule has 0 radical (unpaired) electrons. The summed E-state index contributed by atoms with van der Waals surface area (Å²) in [4.78, 5) is 4.12. The van der Waals surface area contributed by atoms with Crippen LogP contribution in [0.25, 0.3) is 0 Å². The summed E-state index contributed by atoms with van der Waals surface area (Å²) in [5.74, 6) is 0. The molecule has 0 fully saturated rings. The quantitative estimate of drug-likeness (QED) is 0.869. The molecule has 98 valence electrons. The van der Waals surface area contributed by atoms with Crippen LogP contribution in [0.2, 0.25) is 0 Å². The largest absolute Gasteiger partial charge is 0.323 e. The first-order valence-electron chi connectivity index (χ1n) is 4.87. The van der Waals surface area contributed by atoms with Crippen LogP contribution in [0.4, 0.5) is 5.13 Å². The maximum absolute atomic E-state index is 12.0. The van der Waals surface area contributed by atoms with Crippen molar-refractivity contribution in [1.29, 1.82) is 0 Å². The highest BCUT2D eigenvalue weighted by molar-refractivity contribution is 9.11. The van der Waals surface area contributed by atoms with Gasteiger partial charge >= 0.3 is 0 Å². The van der Waals surface area contributed by atoms with Gasteiger partial charge in [0, 0.05) is 11.4 Å². The third kappa shape index (κ3) is 3.09. The molecule has 2 aromatic heterocycles. The first kappa shape index (κ1) is 13.9. The molecule has 0 bridgehead atoms. The van der Waals surface area contributed by atoms with Crippen molar-refractivity contribution in [3.63, 3.8) is 0 Å². The minimum absolute atomic E-state index is 0.213. The summed E-state index contributed by atoms with van der Waals surface area (Å²) in [6, 6.07) is 3.02. The smallest absolute Gasteiger partial charge is 0.273 e. The highest BCUT2D eigenvalue weighted by Crippen LogP contribution is 2.28. The fraction of sp³-hybridized carbons (Fsp3) is 0.222. The van der Waals surface area contributed by atoms with E-state index in [9.17, 15) is 8.42 Å². The van der Waals surface area contributed by atoms with Crippen molar-refractivity contribution in [2.45, 2.75) is 17.2 Å². The second-order valence-corrected chi connectivity index (χ2v) is 8.76. The van der Waals surface area contributed by atoms with Crippen molar-refractivity contribution in [3.8, 4) is 0 Å². The van der Waals surface area contributed by atoms with Gasteiger partial charge in [0.15, 0.2) is 5.13 Å². The van der Waals surface area contributed by atoms with Crippen LogP contribution in [-0.4, -0.2) is 13.4 Å². The number of hydrogen-bond acceptors (Lipinski definition) is 6. The highest BCUT2D eigenvalue weighted by Gasteiger charge is 2.18. The molecule has 0 aromatic carbocycles. The van der Waals surface area contributed by atoms with Gasteiger partial charge in [-0.2, -0.15) is 0 Å². The van der Waals surface area contributed by atoms with E-state index in [1.165, 1.54) is 17.4 Å². The van der Waals surface area contributed by atoms with Gasteiger partial charge in [-0.3, -0.25) is 4.72 Å². The van der Waals surface area contributed by atoms with Crippen LogP contribution in [0.3, 0.4) is 0 Å². The van der Waals surface area contributed by atoms with Gasteiger partial charge in [-0.25, -0.2) is 13.4 Å². The van der Waals surface area contributed by atoms with Crippen LogP contribution in [0, 0.1) is 0 Å². The Morgan fingerprint density at radius 3 is 2.72 bits per heavy atom. The molecule has 0 spiro atoms. The summed E-state index contributed by atoms with van der Waals surface area (Å²) in [7, 11) is -3.56. The van der Waals surface area contributed by atoms with Gasteiger partial charge in [0.05, 0.1) is 9.48 Å². The third-order valence-electron chi connectivity index (χ3n) is 2.02. The van der Waals surface area contributed by atoms with E-state index in [1.807, 2.05) is 0 Å². The molecule has 0 aliphatic heterocycles. The normalized spacial score (nSPS) is 13.5. The lowest BCUT2D eigenvalue weighted by atomic mass is 10.3. The summed E-state index contributed by atoms with van der Waals surface area (Å²) in [5.41, 5.74) is 6.34. The number of aromatic nitrogens is 1. The minimum atomic E-state index is -3.56. The Hall–Kier alpha value is -0.480. The maximum atomic E-state index is 12.0. The number of nitrogens with one attached hydrogen (secondary N) is 1. The molecule has 0 saturated heterocycles. The molecule has 2 rings (SSSR count). The lowest BCUT2D eigenvalue weighted by Crippen LogP contribution is -2.12. The zero-order chi connectivity index (χ0) is 13.3. The zero-order valence-corrected chi connectivity index (χ0v) is 13.3. The summed E-state index contributed by atoms with van der Waals surface area (Å²) in [5, 5.41) is 2.07. The monoisotopic (exact) mass is 367 g/mol. The number of hydrogen-bond donors (Lipinski definition) is 2. The Balaban J connectivity index is 2.22. The minimum Gasteiger partial charge on any atom is -0.323 e. The number of anilines is 1. The van der Waals surface area contributed by atoms with Gasteiger partial charge in [-0.05, 0) is 35.0 Å². The molecule has 2 heterocycles. The van der Waals surface area contributed by atoms with Crippen LogP contribution < -0.4 is 10.5 Å². The number of halogens is 1. The Morgan fingerprint density at radius 2 is 2.22 bits per heavy atom. The van der Waals surface area contributed by atoms with E-state index in [4.69, 9.17) is 5.73 Å². The van der Waals surface area contributed by atoms with Crippen molar-refractivity contribution in [1.82, 2.24) is 4.98 Å². The van der Waals surface area contributed by atoms with Crippen LogP contribution in [0.5, 0.6) is 0 Å². The Morgan fingerprint density at radius 1 is 1.50 bits per heavy atom. The molecule has 1 unspecified atom stereocenters. The van der Waals surface area contributed by atoms with E-state index in [-0.39, 0.29) is 10.3 Å². The third-order valence-corrected chi connectivity index (χ3v) is 6.38. The lowest BCUT2D eigenvalue weighted by Gasteiger charge is -2.02. The number of rotatable bonds is 4. The van der Waals surface area contributed by atoms with E-state index in [1.54, 1.807) is 18.4 Å². The molecule has 0 aliphatic rings. The fourth-order valence-corrected chi connectivity index (χ4v) is 5.23. The van der Waals surface area contributed by atoms with E-state index in [0.717, 1.165) is 15.1 Å². The van der Waals surface area contributed by atoms with Gasteiger partial charge in [-0.1, -0.05) is 0 Å². The fourth-order valence-electron chi connectivity index (χ4n) is 1.15. The van der Waals surface area contributed by atoms with Crippen molar-refractivity contribution < 1.29 is 8.42 Å². The number of thiazole rings is 1. The summed E-state index contributed by atoms with van der Waals surface area (Å²) in [6.07, 6.45) is 0. The van der Waals surface area contributed by atoms with Crippen molar-refractivity contribution in [2.75, 3.05) is 4.72 Å². The molecule has 0 aliphatic carbocycles. The van der Waals surface area contributed by atoms with E-state index >= 15 is 0 Å². The molecular formula is C9H10BrN3O2S3. The van der Waals surface area contributed by atoms with Gasteiger partial charge in [0.1, 0.15) is 4.21 Å². The number of sulfonamides is 1. The first-order chi connectivity index (χ1) is 8.38. The number of nitrogens with two attached hydrogens (primary N) is 1. The number of nitrogens with zero attached hydrogens (tertiary/aromatic N) is 1. The molecule has 18 heavy (non-hydrogen) atoms. The second kappa shape index (κ2) is 5.25.